The average Bonchev–Trinajstić information content (AvgIpc) is 3.00. The number of hydrogen-bond donors (Lipinski definition) is 0. The van der Waals surface area contributed by atoms with E-state index in [1.165, 1.54) is 11.8 Å². The van der Waals surface area contributed by atoms with Crippen molar-refractivity contribution in [2.45, 2.75) is 51.9 Å². The van der Waals surface area contributed by atoms with Crippen LogP contribution in [0.5, 0.6) is 0 Å². The molecular weight excluding hydrogens is 398 g/mol. The molecule has 0 fully saturated rings. The predicted octanol–water partition coefficient (Wildman–Crippen LogP) is 4.41. The van der Waals surface area contributed by atoms with E-state index in [1.807, 2.05) is 52.0 Å². The molecule has 0 amide bonds. The molecule has 0 saturated carbocycles. The number of carbonyl (C=O) groups is 1. The third-order valence-corrected chi connectivity index (χ3v) is 6.18. The molecule has 0 saturated heterocycles. The van der Waals surface area contributed by atoms with Crippen LogP contribution < -0.4 is 5.56 Å². The number of benzene rings is 1. The van der Waals surface area contributed by atoms with Crippen molar-refractivity contribution >= 4 is 28.4 Å². The Labute approximate surface area is 181 Å². The lowest BCUT2D eigenvalue weighted by Gasteiger charge is -2.16. The summed E-state index contributed by atoms with van der Waals surface area (Å²) in [4.78, 5) is 30.6. The molecule has 0 bridgehead atoms. The number of hydrogen-bond acceptors (Lipinski definition) is 5. The van der Waals surface area contributed by atoms with Gasteiger partial charge in [-0.25, -0.2) is 4.98 Å². The van der Waals surface area contributed by atoms with Crippen LogP contribution >= 0.6 is 11.8 Å². The van der Waals surface area contributed by atoms with Crippen molar-refractivity contribution in [3.8, 4) is 0 Å². The smallest absolute Gasteiger partial charge is 0.262 e. The van der Waals surface area contributed by atoms with Crippen LogP contribution in [0.4, 0.5) is 0 Å². The first-order chi connectivity index (χ1) is 14.3. The van der Waals surface area contributed by atoms with Gasteiger partial charge in [-0.3, -0.25) is 14.2 Å². The van der Waals surface area contributed by atoms with Gasteiger partial charge in [0.1, 0.15) is 0 Å². The fraction of sp³-hybridized carbons (Fsp3) is 0.435. The summed E-state index contributed by atoms with van der Waals surface area (Å²) >= 11 is 1.33. The number of methoxy groups -OCH3 is 1. The molecular formula is C23H29N3O3S. The first kappa shape index (κ1) is 22.3. The van der Waals surface area contributed by atoms with E-state index in [1.54, 1.807) is 17.7 Å². The molecule has 0 unspecified atom stereocenters. The number of para-hydroxylation sites is 1. The van der Waals surface area contributed by atoms with Crippen molar-refractivity contribution in [3.05, 3.63) is 57.6 Å². The number of carbonyl (C=O) groups excluding carboxylic acids is 1. The monoisotopic (exact) mass is 427 g/mol. The van der Waals surface area contributed by atoms with E-state index in [2.05, 4.69) is 9.55 Å². The molecule has 6 nitrogen and oxygen atoms in total. The zero-order valence-electron chi connectivity index (χ0n) is 18.3. The van der Waals surface area contributed by atoms with Crippen molar-refractivity contribution in [2.24, 2.45) is 0 Å². The minimum atomic E-state index is -0.0677. The van der Waals surface area contributed by atoms with E-state index in [-0.39, 0.29) is 23.1 Å². The van der Waals surface area contributed by atoms with Crippen molar-refractivity contribution in [3.63, 3.8) is 0 Å². The van der Waals surface area contributed by atoms with Gasteiger partial charge in [-0.15, -0.1) is 0 Å². The maximum atomic E-state index is 13.0. The van der Waals surface area contributed by atoms with Crippen LogP contribution in [0.15, 0.2) is 40.3 Å². The largest absolute Gasteiger partial charge is 0.385 e. The highest BCUT2D eigenvalue weighted by molar-refractivity contribution is 7.99. The Kier molecular flexibility index (Phi) is 7.15. The summed E-state index contributed by atoms with van der Waals surface area (Å²) in [6.45, 7) is 9.43. The van der Waals surface area contributed by atoms with Crippen molar-refractivity contribution in [1.29, 1.82) is 0 Å². The lowest BCUT2D eigenvalue weighted by Crippen LogP contribution is -2.25. The molecule has 0 aliphatic carbocycles. The Morgan fingerprint density at radius 1 is 1.23 bits per heavy atom. The van der Waals surface area contributed by atoms with E-state index >= 15 is 0 Å². The van der Waals surface area contributed by atoms with Gasteiger partial charge < -0.3 is 9.30 Å². The Hall–Kier alpha value is -2.38. The quantitative estimate of drug-likeness (QED) is 0.219. The fourth-order valence-electron chi connectivity index (χ4n) is 3.69. The number of aromatic nitrogens is 3. The molecule has 0 radical (unpaired) electrons. The first-order valence-corrected chi connectivity index (χ1v) is 11.2. The third-order valence-electron chi connectivity index (χ3n) is 5.23. The maximum Gasteiger partial charge on any atom is 0.262 e. The van der Waals surface area contributed by atoms with Crippen LogP contribution in [0.2, 0.25) is 0 Å². The first-order valence-electron chi connectivity index (χ1n) is 10.2. The number of aryl methyl sites for hydroxylation is 1. The van der Waals surface area contributed by atoms with Crippen LogP contribution in [0, 0.1) is 13.8 Å². The zero-order chi connectivity index (χ0) is 21.8. The topological polar surface area (TPSA) is 66.1 Å². The number of Topliss-reactive ketones (excluding diaryl/α,β-unsaturated/α-hetero) is 1. The van der Waals surface area contributed by atoms with Crippen molar-refractivity contribution in [1.82, 2.24) is 14.1 Å². The van der Waals surface area contributed by atoms with E-state index in [9.17, 15) is 9.59 Å². The highest BCUT2D eigenvalue weighted by atomic mass is 32.2. The van der Waals surface area contributed by atoms with E-state index in [4.69, 9.17) is 4.74 Å². The Morgan fingerprint density at radius 2 is 1.97 bits per heavy atom. The van der Waals surface area contributed by atoms with Gasteiger partial charge in [0.05, 0.1) is 16.7 Å². The van der Waals surface area contributed by atoms with E-state index in [0.29, 0.717) is 22.7 Å². The van der Waals surface area contributed by atoms with Gasteiger partial charge in [0.15, 0.2) is 10.9 Å². The van der Waals surface area contributed by atoms with Crippen LogP contribution in [-0.4, -0.2) is 39.4 Å². The molecule has 0 aliphatic heterocycles. The van der Waals surface area contributed by atoms with E-state index < -0.39 is 0 Å². The molecule has 160 valence electrons. The van der Waals surface area contributed by atoms with Gasteiger partial charge in [-0.1, -0.05) is 23.9 Å². The summed E-state index contributed by atoms with van der Waals surface area (Å²) in [5.41, 5.74) is 3.37. The Bertz CT molecular complexity index is 1110. The molecule has 2 heterocycles. The summed E-state index contributed by atoms with van der Waals surface area (Å²) in [5.74, 6) is 0.281. The number of ketones is 1. The predicted molar refractivity (Wildman–Crippen MR) is 122 cm³/mol. The molecule has 3 rings (SSSR count). The van der Waals surface area contributed by atoms with Gasteiger partial charge in [-0.2, -0.15) is 0 Å². The van der Waals surface area contributed by atoms with Crippen LogP contribution in [-0.2, 0) is 11.3 Å². The Balaban J connectivity index is 1.85. The second kappa shape index (κ2) is 9.62. The molecule has 3 aromatic rings. The second-order valence-corrected chi connectivity index (χ2v) is 8.62. The summed E-state index contributed by atoms with van der Waals surface area (Å²) < 4.78 is 8.97. The molecule has 7 heteroatoms. The average molecular weight is 428 g/mol. The molecule has 30 heavy (non-hydrogen) atoms. The van der Waals surface area contributed by atoms with Gasteiger partial charge in [0, 0.05) is 43.3 Å². The van der Waals surface area contributed by atoms with Gasteiger partial charge in [0.2, 0.25) is 0 Å². The molecule has 0 N–H and O–H groups in total. The maximum absolute atomic E-state index is 13.0. The number of ether oxygens (including phenoxy) is 1. The highest BCUT2D eigenvalue weighted by Crippen LogP contribution is 2.24. The molecule has 0 atom stereocenters. The number of nitrogens with zero attached hydrogens (tertiary/aromatic N) is 3. The lowest BCUT2D eigenvalue weighted by atomic mass is 10.2. The SMILES string of the molecule is COCCCn1c(C)cc(C(=O)CSc2nc3ccccc3c(=O)n2C(C)C)c1C. The Morgan fingerprint density at radius 3 is 2.67 bits per heavy atom. The van der Waals surface area contributed by atoms with Crippen molar-refractivity contribution in [2.75, 3.05) is 19.5 Å². The van der Waals surface area contributed by atoms with E-state index in [0.717, 1.165) is 29.9 Å². The second-order valence-electron chi connectivity index (χ2n) is 7.68. The third kappa shape index (κ3) is 4.52. The molecule has 0 spiro atoms. The number of rotatable bonds is 9. The normalized spacial score (nSPS) is 11.5. The summed E-state index contributed by atoms with van der Waals surface area (Å²) in [7, 11) is 1.69. The fourth-order valence-corrected chi connectivity index (χ4v) is 4.70. The van der Waals surface area contributed by atoms with Crippen LogP contribution in [0.25, 0.3) is 10.9 Å². The van der Waals surface area contributed by atoms with Crippen LogP contribution in [0.3, 0.4) is 0 Å². The lowest BCUT2D eigenvalue weighted by molar-refractivity contribution is 0.102. The molecule has 2 aromatic heterocycles. The van der Waals surface area contributed by atoms with Crippen molar-refractivity contribution < 1.29 is 9.53 Å². The van der Waals surface area contributed by atoms with Crippen LogP contribution in [0.1, 0.15) is 48.1 Å². The zero-order valence-corrected chi connectivity index (χ0v) is 19.1. The molecule has 1 aromatic carbocycles. The van der Waals surface area contributed by atoms with Gasteiger partial charge in [0.25, 0.3) is 5.56 Å². The summed E-state index contributed by atoms with van der Waals surface area (Å²) in [6.07, 6.45) is 0.900. The van der Waals surface area contributed by atoms with Gasteiger partial charge in [-0.05, 0) is 52.3 Å². The minimum Gasteiger partial charge on any atom is -0.385 e. The number of fused-ring (bicyclic) bond motifs is 1. The number of thioether (sulfide) groups is 1. The minimum absolute atomic E-state index is 0.0435. The summed E-state index contributed by atoms with van der Waals surface area (Å²) in [5, 5.41) is 1.18. The molecule has 0 aliphatic rings. The standard InChI is InChI=1S/C23H29N3O3S/c1-15(2)26-22(28)18-9-6-7-10-20(18)24-23(26)30-14-21(27)19-13-16(3)25(17(19)4)11-8-12-29-5/h6-7,9-10,13,15H,8,11-12,14H2,1-5H3. The highest BCUT2D eigenvalue weighted by Gasteiger charge is 2.19. The van der Waals surface area contributed by atoms with Gasteiger partial charge >= 0.3 is 0 Å². The summed E-state index contributed by atoms with van der Waals surface area (Å²) in [6, 6.07) is 9.25.